The minimum absolute atomic E-state index is 0.269. The molecule has 2 N–H and O–H groups in total. The third-order valence-corrected chi connectivity index (χ3v) is 3.33. The lowest BCUT2D eigenvalue weighted by atomic mass is 10.1. The van der Waals surface area contributed by atoms with Crippen LogP contribution in [0.5, 0.6) is 5.75 Å². The van der Waals surface area contributed by atoms with Crippen molar-refractivity contribution in [3.05, 3.63) is 58.1 Å². The van der Waals surface area contributed by atoms with Gasteiger partial charge in [-0.25, -0.2) is 0 Å². The molecule has 0 bridgehead atoms. The summed E-state index contributed by atoms with van der Waals surface area (Å²) in [6.07, 6.45) is 0.859. The van der Waals surface area contributed by atoms with E-state index in [9.17, 15) is 0 Å². The van der Waals surface area contributed by atoms with Crippen molar-refractivity contribution in [2.24, 2.45) is 0 Å². The Kier molecular flexibility index (Phi) is 4.34. The van der Waals surface area contributed by atoms with Gasteiger partial charge in [0.25, 0.3) is 0 Å². The minimum atomic E-state index is 0.269. The van der Waals surface area contributed by atoms with Crippen molar-refractivity contribution in [1.29, 1.82) is 0 Å². The second-order valence-electron chi connectivity index (χ2n) is 3.97. The van der Waals surface area contributed by atoms with Crippen LogP contribution in [0.3, 0.4) is 0 Å². The van der Waals surface area contributed by atoms with E-state index in [2.05, 4.69) is 5.32 Å². The predicted octanol–water partition coefficient (Wildman–Crippen LogP) is 4.35. The van der Waals surface area contributed by atoms with Gasteiger partial charge in [0.15, 0.2) is 0 Å². The Morgan fingerprint density at radius 1 is 0.944 bits per heavy atom. The Hall–Kier alpha value is -1.38. The quantitative estimate of drug-likeness (QED) is 0.817. The highest BCUT2D eigenvalue weighted by atomic mass is 35.5. The molecular formula is C14H13Cl2NO. The molecule has 0 unspecified atom stereocenters. The van der Waals surface area contributed by atoms with Crippen LogP contribution in [0.25, 0.3) is 0 Å². The fourth-order valence-corrected chi connectivity index (χ4v) is 1.95. The minimum Gasteiger partial charge on any atom is -0.508 e. The van der Waals surface area contributed by atoms with Gasteiger partial charge in [-0.15, -0.1) is 0 Å². The van der Waals surface area contributed by atoms with Crippen molar-refractivity contribution in [3.8, 4) is 5.75 Å². The highest BCUT2D eigenvalue weighted by Gasteiger charge is 1.99. The summed E-state index contributed by atoms with van der Waals surface area (Å²) < 4.78 is 0. The predicted molar refractivity (Wildman–Crippen MR) is 76.8 cm³/mol. The van der Waals surface area contributed by atoms with E-state index in [1.54, 1.807) is 18.2 Å². The van der Waals surface area contributed by atoms with Crippen molar-refractivity contribution in [1.82, 2.24) is 0 Å². The molecule has 18 heavy (non-hydrogen) atoms. The number of benzene rings is 2. The van der Waals surface area contributed by atoms with Crippen LogP contribution in [0.4, 0.5) is 5.69 Å². The maximum atomic E-state index is 9.16. The standard InChI is InChI=1S/C14H13Cl2NO/c15-13-6-1-10(9-14(13)16)7-8-17-11-2-4-12(18)5-3-11/h1-6,9,17-18H,7-8H2. The summed E-state index contributed by atoms with van der Waals surface area (Å²) in [7, 11) is 0. The summed E-state index contributed by atoms with van der Waals surface area (Å²) in [6.45, 7) is 0.794. The van der Waals surface area contributed by atoms with Crippen LogP contribution >= 0.6 is 23.2 Å². The highest BCUT2D eigenvalue weighted by Crippen LogP contribution is 2.22. The van der Waals surface area contributed by atoms with Crippen LogP contribution in [0.2, 0.25) is 10.0 Å². The fourth-order valence-electron chi connectivity index (χ4n) is 1.63. The molecule has 0 aliphatic heterocycles. The van der Waals surface area contributed by atoms with Gasteiger partial charge in [-0.05, 0) is 48.4 Å². The first-order valence-electron chi connectivity index (χ1n) is 5.62. The average Bonchev–Trinajstić information content (AvgIpc) is 2.36. The van der Waals surface area contributed by atoms with E-state index in [0.717, 1.165) is 24.2 Å². The number of aromatic hydroxyl groups is 1. The molecule has 94 valence electrons. The lowest BCUT2D eigenvalue weighted by Gasteiger charge is -2.07. The SMILES string of the molecule is Oc1ccc(NCCc2ccc(Cl)c(Cl)c2)cc1. The zero-order valence-electron chi connectivity index (χ0n) is 9.66. The number of phenols is 1. The molecular weight excluding hydrogens is 269 g/mol. The Morgan fingerprint density at radius 2 is 1.67 bits per heavy atom. The number of nitrogens with one attached hydrogen (secondary N) is 1. The molecule has 0 fully saturated rings. The van der Waals surface area contributed by atoms with Crippen molar-refractivity contribution in [2.45, 2.75) is 6.42 Å². The van der Waals surface area contributed by atoms with Crippen LogP contribution in [0.1, 0.15) is 5.56 Å². The molecule has 4 heteroatoms. The number of anilines is 1. The maximum Gasteiger partial charge on any atom is 0.115 e. The zero-order valence-corrected chi connectivity index (χ0v) is 11.2. The van der Waals surface area contributed by atoms with Gasteiger partial charge in [0.1, 0.15) is 5.75 Å². The van der Waals surface area contributed by atoms with E-state index in [4.69, 9.17) is 28.3 Å². The van der Waals surface area contributed by atoms with Gasteiger partial charge in [-0.2, -0.15) is 0 Å². The Labute approximate surface area is 116 Å². The van der Waals surface area contributed by atoms with E-state index in [-0.39, 0.29) is 5.75 Å². The molecule has 0 saturated heterocycles. The smallest absolute Gasteiger partial charge is 0.115 e. The molecule has 0 amide bonds. The molecule has 0 atom stereocenters. The van der Waals surface area contributed by atoms with Crippen LogP contribution in [0.15, 0.2) is 42.5 Å². The summed E-state index contributed by atoms with van der Waals surface area (Å²) in [5.74, 6) is 0.269. The molecule has 2 rings (SSSR count). The van der Waals surface area contributed by atoms with Crippen molar-refractivity contribution in [3.63, 3.8) is 0 Å². The Morgan fingerprint density at radius 3 is 2.33 bits per heavy atom. The van der Waals surface area contributed by atoms with Crippen LogP contribution < -0.4 is 5.32 Å². The van der Waals surface area contributed by atoms with Crippen molar-refractivity contribution < 1.29 is 5.11 Å². The molecule has 2 aromatic rings. The topological polar surface area (TPSA) is 32.3 Å². The lowest BCUT2D eigenvalue weighted by Crippen LogP contribution is -2.04. The average molecular weight is 282 g/mol. The number of rotatable bonds is 4. The monoisotopic (exact) mass is 281 g/mol. The Bertz CT molecular complexity index is 526. The summed E-state index contributed by atoms with van der Waals surface area (Å²) in [6, 6.07) is 12.6. The van der Waals surface area contributed by atoms with E-state index in [0.29, 0.717) is 10.0 Å². The van der Waals surface area contributed by atoms with Gasteiger partial charge >= 0.3 is 0 Å². The third kappa shape index (κ3) is 3.56. The number of phenolic OH excluding ortho intramolecular Hbond substituents is 1. The van der Waals surface area contributed by atoms with Gasteiger partial charge in [-0.1, -0.05) is 29.3 Å². The number of hydrogen-bond donors (Lipinski definition) is 2. The van der Waals surface area contributed by atoms with E-state index >= 15 is 0 Å². The summed E-state index contributed by atoms with van der Waals surface area (Å²) in [5.41, 5.74) is 2.11. The van der Waals surface area contributed by atoms with Gasteiger partial charge in [-0.3, -0.25) is 0 Å². The summed E-state index contributed by atoms with van der Waals surface area (Å²) in [4.78, 5) is 0. The third-order valence-electron chi connectivity index (χ3n) is 2.59. The molecule has 0 radical (unpaired) electrons. The second-order valence-corrected chi connectivity index (χ2v) is 4.79. The highest BCUT2D eigenvalue weighted by molar-refractivity contribution is 6.42. The van der Waals surface area contributed by atoms with Crippen molar-refractivity contribution >= 4 is 28.9 Å². The molecule has 0 heterocycles. The molecule has 0 aromatic heterocycles. The molecule has 0 spiro atoms. The van der Waals surface area contributed by atoms with Crippen molar-refractivity contribution in [2.75, 3.05) is 11.9 Å². The molecule has 2 nitrogen and oxygen atoms in total. The maximum absolute atomic E-state index is 9.16. The van der Waals surface area contributed by atoms with Gasteiger partial charge < -0.3 is 10.4 Å². The van der Waals surface area contributed by atoms with Crippen LogP contribution in [0, 0.1) is 0 Å². The second kappa shape index (κ2) is 5.98. The first-order chi connectivity index (χ1) is 8.65. The number of hydrogen-bond acceptors (Lipinski definition) is 2. The van der Waals surface area contributed by atoms with E-state index in [1.165, 1.54) is 0 Å². The molecule has 2 aromatic carbocycles. The van der Waals surface area contributed by atoms with Gasteiger partial charge in [0.2, 0.25) is 0 Å². The molecule has 0 saturated carbocycles. The van der Waals surface area contributed by atoms with Crippen LogP contribution in [-0.2, 0) is 6.42 Å². The summed E-state index contributed by atoms with van der Waals surface area (Å²) >= 11 is 11.8. The van der Waals surface area contributed by atoms with Gasteiger partial charge in [0, 0.05) is 12.2 Å². The molecule has 0 aliphatic rings. The lowest BCUT2D eigenvalue weighted by molar-refractivity contribution is 0.475. The first-order valence-corrected chi connectivity index (χ1v) is 6.37. The Balaban J connectivity index is 1.88. The van der Waals surface area contributed by atoms with Gasteiger partial charge in [0.05, 0.1) is 10.0 Å². The largest absolute Gasteiger partial charge is 0.508 e. The van der Waals surface area contributed by atoms with E-state index < -0.39 is 0 Å². The van der Waals surface area contributed by atoms with Crippen LogP contribution in [-0.4, -0.2) is 11.7 Å². The first kappa shape index (κ1) is 13.1. The fraction of sp³-hybridized carbons (Fsp3) is 0.143. The number of halogens is 2. The normalized spacial score (nSPS) is 10.3. The molecule has 0 aliphatic carbocycles. The summed E-state index contributed by atoms with van der Waals surface area (Å²) in [5, 5.41) is 13.6. The van der Waals surface area contributed by atoms with E-state index in [1.807, 2.05) is 24.3 Å². The zero-order chi connectivity index (χ0) is 13.0.